The van der Waals surface area contributed by atoms with Gasteiger partial charge in [0.2, 0.25) is 0 Å². The third-order valence-electron chi connectivity index (χ3n) is 10.7. The van der Waals surface area contributed by atoms with E-state index >= 15 is 0 Å². The van der Waals surface area contributed by atoms with Crippen molar-refractivity contribution in [1.82, 2.24) is 0 Å². The maximum absolute atomic E-state index is 12.9. The molecule has 344 valence electrons. The fourth-order valence-corrected chi connectivity index (χ4v) is 6.94. The molecule has 14 nitrogen and oxygen atoms in total. The highest BCUT2D eigenvalue weighted by Crippen LogP contribution is 2.26. The first-order chi connectivity index (χ1) is 28.6. The first-order valence-corrected chi connectivity index (χ1v) is 22.6. The quantitative estimate of drug-likeness (QED) is 0.0256. The van der Waals surface area contributed by atoms with Crippen molar-refractivity contribution < 1.29 is 69.0 Å². The van der Waals surface area contributed by atoms with Crippen LogP contribution in [0, 0.1) is 0 Å². The van der Waals surface area contributed by atoms with E-state index in [1.807, 2.05) is 0 Å². The van der Waals surface area contributed by atoms with Crippen LogP contribution >= 0.6 is 0 Å². The number of esters is 1. The minimum Gasteiger partial charge on any atom is -0.457 e. The van der Waals surface area contributed by atoms with Gasteiger partial charge in [-0.15, -0.1) is 0 Å². The molecule has 2 fully saturated rings. The summed E-state index contributed by atoms with van der Waals surface area (Å²) in [5, 5.41) is 71.8. The molecule has 0 amide bonds. The van der Waals surface area contributed by atoms with Gasteiger partial charge in [0, 0.05) is 13.0 Å². The summed E-state index contributed by atoms with van der Waals surface area (Å²) in [5.74, 6) is -0.386. The van der Waals surface area contributed by atoms with Crippen molar-refractivity contribution in [3.8, 4) is 0 Å². The number of unbranched alkanes of at least 4 members (excludes halogenated alkanes) is 14. The van der Waals surface area contributed by atoms with Gasteiger partial charge in [-0.05, 0) is 44.9 Å². The molecule has 11 unspecified atom stereocenters. The van der Waals surface area contributed by atoms with Gasteiger partial charge in [-0.2, -0.15) is 0 Å². The number of allylic oxidation sites excluding steroid dienone is 6. The number of carbonyl (C=O) groups excluding carboxylic acids is 1. The minimum atomic E-state index is -1.71. The number of rotatable bonds is 34. The van der Waals surface area contributed by atoms with Crippen LogP contribution in [0.1, 0.15) is 142 Å². The summed E-state index contributed by atoms with van der Waals surface area (Å²) >= 11 is 0. The van der Waals surface area contributed by atoms with E-state index in [0.717, 1.165) is 70.6 Å². The summed E-state index contributed by atoms with van der Waals surface area (Å²) in [4.78, 5) is 12.9. The highest BCUT2D eigenvalue weighted by Gasteiger charge is 2.47. The molecule has 2 aliphatic rings. The van der Waals surface area contributed by atoms with Crippen molar-refractivity contribution in [1.29, 1.82) is 0 Å². The Morgan fingerprint density at radius 3 is 1.73 bits per heavy atom. The molecule has 2 aliphatic heterocycles. The molecule has 0 radical (unpaired) electrons. The number of hydrogen-bond acceptors (Lipinski definition) is 14. The Hall–Kier alpha value is -1.79. The lowest BCUT2D eigenvalue weighted by molar-refractivity contribution is -0.332. The van der Waals surface area contributed by atoms with Crippen molar-refractivity contribution in [2.24, 2.45) is 0 Å². The second kappa shape index (κ2) is 33.8. The number of ether oxygens (including phenoxy) is 6. The van der Waals surface area contributed by atoms with Crippen LogP contribution in [0.4, 0.5) is 0 Å². The third-order valence-corrected chi connectivity index (χ3v) is 10.7. The molecule has 0 saturated carbocycles. The predicted molar refractivity (Wildman–Crippen MR) is 224 cm³/mol. The van der Waals surface area contributed by atoms with E-state index in [-0.39, 0.29) is 25.6 Å². The summed E-state index contributed by atoms with van der Waals surface area (Å²) in [7, 11) is 0. The molecule has 0 spiro atoms. The minimum absolute atomic E-state index is 0.0537. The molecular formula is C45H80O14. The van der Waals surface area contributed by atoms with E-state index in [2.05, 4.69) is 50.3 Å². The van der Waals surface area contributed by atoms with Gasteiger partial charge >= 0.3 is 5.97 Å². The topological polar surface area (TPSA) is 214 Å². The van der Waals surface area contributed by atoms with Crippen LogP contribution in [-0.4, -0.2) is 142 Å². The van der Waals surface area contributed by atoms with Crippen LogP contribution in [0.3, 0.4) is 0 Å². The standard InChI is InChI=1S/C45H80O14/c1-3-5-7-9-11-13-14-15-16-17-18-19-21-23-25-27-29-54-31-34(57-37(47)28-26-24-22-20-12-10-8-6-4-2)32-55-44-43(53)41(51)39(49)36(59-44)33-56-45-42(52)40(50)38(48)35(30-46)58-45/h5,7,11,13,15-16,34-36,38-46,48-53H,3-4,6,8-10,12,14,17-33H2,1-2H3/b7-5-,13-11-,16-15-. The number of aliphatic hydroxyl groups is 7. The van der Waals surface area contributed by atoms with Gasteiger partial charge in [0.1, 0.15) is 54.9 Å². The van der Waals surface area contributed by atoms with Gasteiger partial charge in [-0.25, -0.2) is 0 Å². The Kier molecular flexibility index (Phi) is 30.6. The Bertz CT molecular complexity index is 1120. The zero-order valence-electron chi connectivity index (χ0n) is 36.0. The van der Waals surface area contributed by atoms with E-state index in [1.165, 1.54) is 44.9 Å². The zero-order valence-corrected chi connectivity index (χ0v) is 36.0. The van der Waals surface area contributed by atoms with Gasteiger partial charge in [-0.3, -0.25) is 4.79 Å². The summed E-state index contributed by atoms with van der Waals surface area (Å²) < 4.78 is 34.1. The smallest absolute Gasteiger partial charge is 0.306 e. The highest BCUT2D eigenvalue weighted by molar-refractivity contribution is 5.69. The molecule has 0 aromatic rings. The Morgan fingerprint density at radius 2 is 1.10 bits per heavy atom. The summed E-state index contributed by atoms with van der Waals surface area (Å²) in [6, 6.07) is 0. The van der Waals surface area contributed by atoms with Crippen LogP contribution in [0.15, 0.2) is 36.5 Å². The lowest BCUT2D eigenvalue weighted by Crippen LogP contribution is -2.61. The lowest BCUT2D eigenvalue weighted by Gasteiger charge is -2.42. The van der Waals surface area contributed by atoms with Crippen LogP contribution in [0.2, 0.25) is 0 Å². The average molecular weight is 845 g/mol. The molecule has 0 aromatic carbocycles. The first kappa shape index (κ1) is 53.3. The van der Waals surface area contributed by atoms with Crippen molar-refractivity contribution >= 4 is 5.97 Å². The van der Waals surface area contributed by atoms with Crippen LogP contribution in [0.25, 0.3) is 0 Å². The Balaban J connectivity index is 1.80. The second-order valence-electron chi connectivity index (χ2n) is 15.8. The van der Waals surface area contributed by atoms with Gasteiger partial charge < -0.3 is 64.2 Å². The van der Waals surface area contributed by atoms with Crippen LogP contribution in [-0.2, 0) is 33.2 Å². The molecule has 14 heteroatoms. The average Bonchev–Trinajstić information content (AvgIpc) is 3.23. The predicted octanol–water partition coefficient (Wildman–Crippen LogP) is 5.07. The number of aliphatic hydroxyl groups excluding tert-OH is 7. The summed E-state index contributed by atoms with van der Waals surface area (Å²) in [5.41, 5.74) is 0. The van der Waals surface area contributed by atoms with Crippen LogP contribution in [0.5, 0.6) is 0 Å². The lowest BCUT2D eigenvalue weighted by atomic mass is 9.98. The van der Waals surface area contributed by atoms with E-state index in [9.17, 15) is 40.5 Å². The van der Waals surface area contributed by atoms with Gasteiger partial charge in [0.05, 0.1) is 26.4 Å². The molecule has 2 rings (SSSR count). The molecule has 0 bridgehead atoms. The Labute approximate surface area is 353 Å². The molecule has 11 atom stereocenters. The number of hydrogen-bond donors (Lipinski definition) is 7. The van der Waals surface area contributed by atoms with E-state index in [1.54, 1.807) is 0 Å². The van der Waals surface area contributed by atoms with Crippen molar-refractivity contribution in [2.75, 3.05) is 33.0 Å². The fourth-order valence-electron chi connectivity index (χ4n) is 6.94. The molecule has 2 heterocycles. The van der Waals surface area contributed by atoms with Gasteiger partial charge in [-0.1, -0.05) is 127 Å². The monoisotopic (exact) mass is 845 g/mol. The van der Waals surface area contributed by atoms with E-state index < -0.39 is 80.7 Å². The Morgan fingerprint density at radius 1 is 0.576 bits per heavy atom. The maximum Gasteiger partial charge on any atom is 0.306 e. The fraction of sp³-hybridized carbons (Fsp3) is 0.844. The molecule has 0 aliphatic carbocycles. The molecular weight excluding hydrogens is 764 g/mol. The normalized spacial score (nSPS) is 28.3. The SMILES string of the molecule is CC/C=C\C/C=C\C/C=C\CCCCCCCCOCC(COC1OC(COC2OC(CO)C(O)C(O)C2O)C(O)C(O)C1O)OC(=O)CCCCCCCCCCC. The molecule has 0 aromatic heterocycles. The maximum atomic E-state index is 12.9. The number of carbonyl (C=O) groups is 1. The van der Waals surface area contributed by atoms with Crippen molar-refractivity contribution in [3.05, 3.63) is 36.5 Å². The first-order valence-electron chi connectivity index (χ1n) is 22.6. The molecule has 7 N–H and O–H groups in total. The second-order valence-corrected chi connectivity index (χ2v) is 15.8. The van der Waals surface area contributed by atoms with Gasteiger partial charge in [0.15, 0.2) is 12.6 Å². The molecule has 59 heavy (non-hydrogen) atoms. The third kappa shape index (κ3) is 22.8. The van der Waals surface area contributed by atoms with Crippen LogP contribution < -0.4 is 0 Å². The van der Waals surface area contributed by atoms with Gasteiger partial charge in [0.25, 0.3) is 0 Å². The zero-order chi connectivity index (χ0) is 43.1. The van der Waals surface area contributed by atoms with E-state index in [4.69, 9.17) is 28.4 Å². The largest absolute Gasteiger partial charge is 0.457 e. The van der Waals surface area contributed by atoms with Crippen molar-refractivity contribution in [3.63, 3.8) is 0 Å². The summed E-state index contributed by atoms with van der Waals surface area (Å²) in [6.07, 6.45) is 18.0. The van der Waals surface area contributed by atoms with E-state index in [0.29, 0.717) is 13.0 Å². The molecule has 2 saturated heterocycles. The highest BCUT2D eigenvalue weighted by atomic mass is 16.7. The summed E-state index contributed by atoms with van der Waals surface area (Å²) in [6.45, 7) is 3.50. The van der Waals surface area contributed by atoms with Crippen molar-refractivity contribution in [2.45, 2.75) is 210 Å².